The Morgan fingerprint density at radius 1 is 1.06 bits per heavy atom. The van der Waals surface area contributed by atoms with Crippen molar-refractivity contribution >= 4 is 11.7 Å². The number of ether oxygens (including phenoxy) is 1. The number of rotatable bonds is 2. The molecular weight excluding hydrogens is 232 g/mol. The highest BCUT2D eigenvalue weighted by atomic mass is 16.5. The number of benzene rings is 1. The van der Waals surface area contributed by atoms with Gasteiger partial charge >= 0.3 is 6.01 Å². The van der Waals surface area contributed by atoms with Gasteiger partial charge in [0.1, 0.15) is 0 Å². The van der Waals surface area contributed by atoms with Gasteiger partial charge in [-0.15, -0.1) is 5.10 Å². The van der Waals surface area contributed by atoms with Crippen LogP contribution in [0.25, 0.3) is 11.5 Å². The first-order valence-electron chi connectivity index (χ1n) is 5.85. The number of nitrogens with two attached hydrogens (primary N) is 1. The summed E-state index contributed by atoms with van der Waals surface area (Å²) in [6, 6.07) is 7.91. The van der Waals surface area contributed by atoms with Crippen LogP contribution in [0, 0.1) is 0 Å². The third-order valence-electron chi connectivity index (χ3n) is 2.85. The maximum atomic E-state index is 5.66. The van der Waals surface area contributed by atoms with Gasteiger partial charge in [0.25, 0.3) is 0 Å². The molecule has 0 radical (unpaired) electrons. The van der Waals surface area contributed by atoms with Gasteiger partial charge in [0.15, 0.2) is 0 Å². The Kier molecular flexibility index (Phi) is 2.85. The first-order chi connectivity index (χ1) is 8.83. The second-order valence-corrected chi connectivity index (χ2v) is 4.11. The molecule has 0 aliphatic carbocycles. The van der Waals surface area contributed by atoms with Crippen molar-refractivity contribution in [3.8, 4) is 11.5 Å². The molecule has 6 nitrogen and oxygen atoms in total. The largest absolute Gasteiger partial charge is 0.403 e. The van der Waals surface area contributed by atoms with E-state index in [1.807, 2.05) is 29.2 Å². The van der Waals surface area contributed by atoms with Crippen molar-refractivity contribution < 1.29 is 9.15 Å². The van der Waals surface area contributed by atoms with Crippen LogP contribution in [0.15, 0.2) is 28.7 Å². The Morgan fingerprint density at radius 3 is 2.50 bits per heavy atom. The van der Waals surface area contributed by atoms with Crippen molar-refractivity contribution in [3.63, 3.8) is 0 Å². The summed E-state index contributed by atoms with van der Waals surface area (Å²) in [5.41, 5.74) is 7.22. The summed E-state index contributed by atoms with van der Waals surface area (Å²) in [6.45, 7) is 2.95. The van der Waals surface area contributed by atoms with E-state index in [-0.39, 0.29) is 0 Å². The Bertz CT molecular complexity index is 517. The molecule has 0 atom stereocenters. The molecule has 2 aromatic rings. The second-order valence-electron chi connectivity index (χ2n) is 4.11. The predicted molar refractivity (Wildman–Crippen MR) is 67.2 cm³/mol. The van der Waals surface area contributed by atoms with E-state index in [9.17, 15) is 0 Å². The van der Waals surface area contributed by atoms with Crippen molar-refractivity contribution in [1.29, 1.82) is 0 Å². The minimum atomic E-state index is 0.511. The fourth-order valence-corrected chi connectivity index (χ4v) is 1.84. The average Bonchev–Trinajstić information content (AvgIpc) is 2.90. The highest BCUT2D eigenvalue weighted by Crippen LogP contribution is 2.23. The van der Waals surface area contributed by atoms with Gasteiger partial charge in [0, 0.05) is 24.3 Å². The van der Waals surface area contributed by atoms with Crippen LogP contribution >= 0.6 is 0 Å². The molecule has 1 aliphatic rings. The fourth-order valence-electron chi connectivity index (χ4n) is 1.84. The van der Waals surface area contributed by atoms with Crippen molar-refractivity contribution in [2.45, 2.75) is 0 Å². The van der Waals surface area contributed by atoms with Crippen LogP contribution in [0.2, 0.25) is 0 Å². The Labute approximate surface area is 104 Å². The van der Waals surface area contributed by atoms with E-state index in [2.05, 4.69) is 10.2 Å². The van der Waals surface area contributed by atoms with Gasteiger partial charge in [-0.05, 0) is 24.3 Å². The molecule has 0 amide bonds. The third-order valence-corrected chi connectivity index (χ3v) is 2.85. The van der Waals surface area contributed by atoms with Crippen LogP contribution in [0.1, 0.15) is 0 Å². The van der Waals surface area contributed by atoms with E-state index < -0.39 is 0 Å². The summed E-state index contributed by atoms with van der Waals surface area (Å²) in [6.07, 6.45) is 0. The van der Waals surface area contributed by atoms with Crippen molar-refractivity contribution in [1.82, 2.24) is 10.2 Å². The maximum Gasteiger partial charge on any atom is 0.318 e. The number of hydrogen-bond donors (Lipinski definition) is 1. The molecule has 1 aromatic carbocycles. The van der Waals surface area contributed by atoms with Crippen LogP contribution in [0.5, 0.6) is 0 Å². The van der Waals surface area contributed by atoms with Crippen LogP contribution in [-0.4, -0.2) is 36.5 Å². The molecule has 94 valence electrons. The fraction of sp³-hybridized carbons (Fsp3) is 0.333. The van der Waals surface area contributed by atoms with Crippen molar-refractivity contribution in [2.75, 3.05) is 36.9 Å². The Morgan fingerprint density at radius 2 is 1.78 bits per heavy atom. The number of nitrogen functional groups attached to an aromatic ring is 1. The normalized spacial score (nSPS) is 15.9. The van der Waals surface area contributed by atoms with E-state index >= 15 is 0 Å². The number of aromatic nitrogens is 2. The Hall–Kier alpha value is -2.08. The SMILES string of the molecule is Nc1ccc(-c2nnc(N3CCOCC3)o2)cc1. The quantitative estimate of drug-likeness (QED) is 0.801. The monoisotopic (exact) mass is 246 g/mol. The molecule has 0 unspecified atom stereocenters. The molecule has 1 saturated heterocycles. The lowest BCUT2D eigenvalue weighted by Gasteiger charge is -2.24. The van der Waals surface area contributed by atoms with E-state index in [4.69, 9.17) is 14.9 Å². The molecule has 6 heteroatoms. The zero-order valence-electron chi connectivity index (χ0n) is 9.87. The topological polar surface area (TPSA) is 77.4 Å². The lowest BCUT2D eigenvalue weighted by atomic mass is 10.2. The summed E-state index contributed by atoms with van der Waals surface area (Å²) in [7, 11) is 0. The molecule has 18 heavy (non-hydrogen) atoms. The molecule has 2 N–H and O–H groups in total. The zero-order valence-corrected chi connectivity index (χ0v) is 9.87. The van der Waals surface area contributed by atoms with Gasteiger partial charge in [0.05, 0.1) is 13.2 Å². The molecule has 0 spiro atoms. The summed E-state index contributed by atoms with van der Waals surface area (Å²) in [4.78, 5) is 2.03. The smallest absolute Gasteiger partial charge is 0.318 e. The minimum Gasteiger partial charge on any atom is -0.403 e. The molecule has 1 aliphatic heterocycles. The van der Waals surface area contributed by atoms with Crippen molar-refractivity contribution in [2.24, 2.45) is 0 Å². The van der Waals surface area contributed by atoms with E-state index in [0.29, 0.717) is 30.8 Å². The van der Waals surface area contributed by atoms with E-state index in [1.165, 1.54) is 0 Å². The predicted octanol–water partition coefficient (Wildman–Crippen LogP) is 1.16. The Balaban J connectivity index is 1.82. The lowest BCUT2D eigenvalue weighted by Crippen LogP contribution is -2.36. The standard InChI is InChI=1S/C12H14N4O2/c13-10-3-1-9(2-4-10)11-14-15-12(18-11)16-5-7-17-8-6-16/h1-4H,5-8,13H2. The number of morpholine rings is 1. The lowest BCUT2D eigenvalue weighted by molar-refractivity contribution is 0.120. The first kappa shape index (κ1) is 11.0. The number of hydrogen-bond acceptors (Lipinski definition) is 6. The molecule has 3 rings (SSSR count). The van der Waals surface area contributed by atoms with Gasteiger partial charge < -0.3 is 19.8 Å². The number of nitrogens with zero attached hydrogens (tertiary/aromatic N) is 3. The average molecular weight is 246 g/mol. The third kappa shape index (κ3) is 2.14. The van der Waals surface area contributed by atoms with Crippen molar-refractivity contribution in [3.05, 3.63) is 24.3 Å². The highest BCUT2D eigenvalue weighted by molar-refractivity contribution is 5.57. The van der Waals surface area contributed by atoms with Gasteiger partial charge in [-0.2, -0.15) is 0 Å². The van der Waals surface area contributed by atoms with Crippen LogP contribution in [-0.2, 0) is 4.74 Å². The van der Waals surface area contributed by atoms with Crippen LogP contribution in [0.3, 0.4) is 0 Å². The molecule has 1 fully saturated rings. The highest BCUT2D eigenvalue weighted by Gasteiger charge is 2.17. The van der Waals surface area contributed by atoms with E-state index in [1.54, 1.807) is 0 Å². The van der Waals surface area contributed by atoms with Gasteiger partial charge in [-0.3, -0.25) is 0 Å². The van der Waals surface area contributed by atoms with Crippen LogP contribution in [0.4, 0.5) is 11.7 Å². The summed E-state index contributed by atoms with van der Waals surface area (Å²) < 4.78 is 10.9. The molecule has 0 saturated carbocycles. The first-order valence-corrected chi connectivity index (χ1v) is 5.85. The molecule has 0 bridgehead atoms. The summed E-state index contributed by atoms with van der Waals surface area (Å²) in [5, 5.41) is 8.11. The van der Waals surface area contributed by atoms with Gasteiger partial charge in [-0.1, -0.05) is 5.10 Å². The minimum absolute atomic E-state index is 0.511. The summed E-state index contributed by atoms with van der Waals surface area (Å²) >= 11 is 0. The molecule has 1 aromatic heterocycles. The summed E-state index contributed by atoms with van der Waals surface area (Å²) in [5.74, 6) is 0.511. The number of anilines is 2. The maximum absolute atomic E-state index is 5.66. The zero-order chi connectivity index (χ0) is 12.4. The van der Waals surface area contributed by atoms with Gasteiger partial charge in [0.2, 0.25) is 5.89 Å². The molecular formula is C12H14N4O2. The van der Waals surface area contributed by atoms with Gasteiger partial charge in [-0.25, -0.2) is 0 Å². The second kappa shape index (κ2) is 4.66. The molecule has 2 heterocycles. The van der Waals surface area contributed by atoms with E-state index in [0.717, 1.165) is 18.7 Å². The van der Waals surface area contributed by atoms with Crippen LogP contribution < -0.4 is 10.6 Å².